The molecule has 0 saturated heterocycles. The average Bonchev–Trinajstić information content (AvgIpc) is 3.21. The van der Waals surface area contributed by atoms with E-state index in [1.807, 2.05) is 20.2 Å². The van der Waals surface area contributed by atoms with Gasteiger partial charge in [0.15, 0.2) is 0 Å². The molecule has 3 aromatic rings. The van der Waals surface area contributed by atoms with Gasteiger partial charge in [-0.3, -0.25) is 0 Å². The highest BCUT2D eigenvalue weighted by Crippen LogP contribution is 2.33. The molecule has 1 N–H and O–H groups in total. The van der Waals surface area contributed by atoms with Crippen molar-refractivity contribution < 1.29 is 4.39 Å². The zero-order valence-corrected chi connectivity index (χ0v) is 16.1. The molecule has 0 aliphatic carbocycles. The first-order valence-corrected chi connectivity index (χ1v) is 11.6. The third-order valence-electron chi connectivity index (χ3n) is 3.74. The summed E-state index contributed by atoms with van der Waals surface area (Å²) in [5, 5.41) is 7.93. The number of fused-ring (bicyclic) bond motifs is 2. The summed E-state index contributed by atoms with van der Waals surface area (Å²) in [6.45, 7) is 4.88. The van der Waals surface area contributed by atoms with Crippen LogP contribution in [0.3, 0.4) is 0 Å². The number of aromatic nitrogens is 4. The lowest BCUT2D eigenvalue weighted by atomic mass is 10.0. The van der Waals surface area contributed by atoms with Gasteiger partial charge < -0.3 is 9.65 Å². The van der Waals surface area contributed by atoms with Gasteiger partial charge in [0.1, 0.15) is 11.3 Å². The second-order valence-electron chi connectivity index (χ2n) is 4.92. The number of hydrogen-bond donors (Lipinski definition) is 1. The molecule has 23 heavy (non-hydrogen) atoms. The van der Waals surface area contributed by atoms with Crippen LogP contribution in [0.5, 0.6) is 0 Å². The van der Waals surface area contributed by atoms with E-state index in [9.17, 15) is 4.39 Å². The van der Waals surface area contributed by atoms with E-state index >= 15 is 0 Å². The molecule has 1 aliphatic heterocycles. The van der Waals surface area contributed by atoms with Gasteiger partial charge in [0, 0.05) is 31.2 Å². The summed E-state index contributed by atoms with van der Waals surface area (Å²) in [5.41, 5.74) is 3.57. The molecule has 2 unspecified atom stereocenters. The molecular formula is C15H18FIN5P. The summed E-state index contributed by atoms with van der Waals surface area (Å²) in [4.78, 5) is 4.54. The second-order valence-corrected chi connectivity index (χ2v) is 7.02. The van der Waals surface area contributed by atoms with E-state index < -0.39 is 0 Å². The number of hydrogen-bond acceptors (Lipinski definition) is 3. The van der Waals surface area contributed by atoms with Gasteiger partial charge in [-0.25, -0.2) is 13.9 Å². The first-order valence-electron chi connectivity index (χ1n) is 7.58. The lowest BCUT2D eigenvalue weighted by molar-refractivity contribution is 0.538. The van der Waals surface area contributed by atoms with E-state index in [1.165, 1.54) is 11.8 Å². The Labute approximate surface area is 149 Å². The Morgan fingerprint density at radius 2 is 2.26 bits per heavy atom. The van der Waals surface area contributed by atoms with E-state index in [4.69, 9.17) is 0 Å². The highest BCUT2D eigenvalue weighted by Gasteiger charge is 2.27. The Morgan fingerprint density at radius 3 is 3.00 bits per heavy atom. The molecule has 0 spiro atoms. The van der Waals surface area contributed by atoms with Gasteiger partial charge in [0.2, 0.25) is 0 Å². The summed E-state index contributed by atoms with van der Waals surface area (Å²) < 4.78 is 17.6. The van der Waals surface area contributed by atoms with Crippen LogP contribution >= 0.6 is 28.4 Å². The molecule has 0 fully saturated rings. The SMILES string of the molecule is CC.Fc1cccn2nc(C3NCCc4c3ncn4PI)cc12. The maximum Gasteiger partial charge on any atom is 0.148 e. The number of halogens is 2. The van der Waals surface area contributed by atoms with Crippen molar-refractivity contribution in [1.29, 1.82) is 0 Å². The Bertz CT molecular complexity index is 815. The van der Waals surface area contributed by atoms with Crippen molar-refractivity contribution >= 4 is 33.9 Å². The number of nitrogens with zero attached hydrogens (tertiary/aromatic N) is 4. The number of nitrogens with one attached hydrogen (secondary N) is 1. The summed E-state index contributed by atoms with van der Waals surface area (Å²) in [6, 6.07) is 4.84. The van der Waals surface area contributed by atoms with E-state index in [0.29, 0.717) is 11.9 Å². The van der Waals surface area contributed by atoms with Crippen LogP contribution in [0.25, 0.3) is 5.52 Å². The topological polar surface area (TPSA) is 47.1 Å². The van der Waals surface area contributed by atoms with Gasteiger partial charge in [-0.1, -0.05) is 13.8 Å². The fraction of sp³-hybridized carbons (Fsp3) is 0.333. The summed E-state index contributed by atoms with van der Waals surface area (Å²) in [6.07, 6.45) is 5.24. The zero-order chi connectivity index (χ0) is 16.4. The summed E-state index contributed by atoms with van der Waals surface area (Å²) in [5.74, 6) is -0.258. The largest absolute Gasteiger partial charge is 0.306 e. The fourth-order valence-electron chi connectivity index (χ4n) is 2.77. The minimum absolute atomic E-state index is 0.0675. The quantitative estimate of drug-likeness (QED) is 0.483. The second kappa shape index (κ2) is 7.23. The molecule has 4 heterocycles. The average molecular weight is 445 g/mol. The zero-order valence-electron chi connectivity index (χ0n) is 12.9. The molecule has 8 heteroatoms. The molecule has 0 saturated carbocycles. The van der Waals surface area contributed by atoms with E-state index in [-0.39, 0.29) is 11.9 Å². The predicted molar refractivity (Wildman–Crippen MR) is 100 cm³/mol. The normalized spacial score (nSPS) is 17.3. The molecule has 0 bridgehead atoms. The van der Waals surface area contributed by atoms with Gasteiger partial charge in [0.05, 0.1) is 23.8 Å². The lowest BCUT2D eigenvalue weighted by Crippen LogP contribution is -2.31. The van der Waals surface area contributed by atoms with Gasteiger partial charge in [0.25, 0.3) is 0 Å². The van der Waals surface area contributed by atoms with Crippen molar-refractivity contribution in [2.75, 3.05) is 6.54 Å². The van der Waals surface area contributed by atoms with Crippen molar-refractivity contribution in [3.8, 4) is 0 Å². The van der Waals surface area contributed by atoms with Gasteiger partial charge in [-0.15, -0.1) is 0 Å². The van der Waals surface area contributed by atoms with Crippen LogP contribution in [0.15, 0.2) is 30.7 Å². The minimum atomic E-state index is -0.258. The summed E-state index contributed by atoms with van der Waals surface area (Å²) in [7, 11) is 0. The minimum Gasteiger partial charge on any atom is -0.306 e. The van der Waals surface area contributed by atoms with Crippen LogP contribution in [0.1, 0.15) is 37.0 Å². The highest BCUT2D eigenvalue weighted by molar-refractivity contribution is 14.2. The smallest absolute Gasteiger partial charge is 0.148 e. The Morgan fingerprint density at radius 1 is 1.43 bits per heavy atom. The monoisotopic (exact) mass is 445 g/mol. The van der Waals surface area contributed by atoms with Crippen molar-refractivity contribution in [3.63, 3.8) is 0 Å². The molecule has 5 nitrogen and oxygen atoms in total. The maximum atomic E-state index is 13.8. The highest BCUT2D eigenvalue weighted by atomic mass is 127. The molecule has 1 aliphatic rings. The molecule has 0 radical (unpaired) electrons. The van der Waals surface area contributed by atoms with Crippen molar-refractivity contribution in [2.24, 2.45) is 0 Å². The van der Waals surface area contributed by atoms with Gasteiger partial charge in [-0.05, 0) is 40.2 Å². The van der Waals surface area contributed by atoms with Crippen LogP contribution < -0.4 is 5.32 Å². The van der Waals surface area contributed by atoms with Crippen LogP contribution in [0, 0.1) is 5.82 Å². The van der Waals surface area contributed by atoms with E-state index in [0.717, 1.165) is 24.4 Å². The third-order valence-corrected chi connectivity index (χ3v) is 5.87. The third kappa shape index (κ3) is 3.02. The molecular weight excluding hydrogens is 427 g/mol. The van der Waals surface area contributed by atoms with Crippen molar-refractivity contribution in [1.82, 2.24) is 24.3 Å². The van der Waals surface area contributed by atoms with E-state index in [2.05, 4.69) is 41.8 Å². The van der Waals surface area contributed by atoms with Gasteiger partial charge >= 0.3 is 0 Å². The number of imidazole rings is 1. The number of pyridine rings is 1. The standard InChI is InChI=1S/C13H12FIN5P.C2H6/c14-8-2-1-5-19-11(8)6-9(18-19)12-13-10(3-4-16-12)20(21-15)7-17-13;1-2/h1-2,5-7,12,16,21H,3-4H2;1-2H3. The van der Waals surface area contributed by atoms with Crippen molar-refractivity contribution in [2.45, 2.75) is 26.3 Å². The molecule has 0 amide bonds. The maximum absolute atomic E-state index is 13.8. The fourth-order valence-corrected chi connectivity index (χ4v) is 4.44. The van der Waals surface area contributed by atoms with E-state index in [1.54, 1.807) is 22.8 Å². The summed E-state index contributed by atoms with van der Waals surface area (Å²) >= 11 is 2.35. The van der Waals surface area contributed by atoms with Crippen LogP contribution in [0.2, 0.25) is 0 Å². The first-order chi connectivity index (χ1) is 11.3. The van der Waals surface area contributed by atoms with Crippen LogP contribution in [0.4, 0.5) is 4.39 Å². The molecule has 4 rings (SSSR count). The molecule has 122 valence electrons. The van der Waals surface area contributed by atoms with Crippen molar-refractivity contribution in [3.05, 3.63) is 53.6 Å². The molecule has 2 atom stereocenters. The van der Waals surface area contributed by atoms with Gasteiger partial charge in [-0.2, -0.15) is 5.10 Å². The van der Waals surface area contributed by atoms with Crippen LogP contribution in [-0.4, -0.2) is 25.5 Å². The van der Waals surface area contributed by atoms with Crippen LogP contribution in [-0.2, 0) is 6.42 Å². The Kier molecular flexibility index (Phi) is 5.28. The number of rotatable bonds is 2. The predicted octanol–water partition coefficient (Wildman–Crippen LogP) is 3.72. The Hall–Kier alpha value is -1.05. The molecule has 0 aromatic carbocycles. The molecule has 3 aromatic heterocycles. The Balaban J connectivity index is 0.000000753. The lowest BCUT2D eigenvalue weighted by Gasteiger charge is -2.22. The first kappa shape index (κ1) is 16.8.